The molecule has 0 radical (unpaired) electrons. The second-order valence-electron chi connectivity index (χ2n) is 4.51. The van der Waals surface area contributed by atoms with E-state index < -0.39 is 6.23 Å². The van der Waals surface area contributed by atoms with Crippen molar-refractivity contribution in [2.24, 2.45) is 0 Å². The number of benzene rings is 1. The fourth-order valence-corrected chi connectivity index (χ4v) is 2.75. The molecule has 1 aliphatic rings. The van der Waals surface area contributed by atoms with Crippen LogP contribution < -0.4 is 0 Å². The largest absolute Gasteiger partial charge is 0.369 e. The summed E-state index contributed by atoms with van der Waals surface area (Å²) in [7, 11) is 0. The summed E-state index contributed by atoms with van der Waals surface area (Å²) in [5.41, 5.74) is 1.97. The van der Waals surface area contributed by atoms with E-state index in [9.17, 15) is 9.90 Å². The van der Waals surface area contributed by atoms with Crippen LogP contribution in [0.2, 0.25) is 5.15 Å². The highest BCUT2D eigenvalue weighted by Gasteiger charge is 2.34. The number of carbonyl (C=O) groups is 1. The van der Waals surface area contributed by atoms with Crippen molar-refractivity contribution in [1.82, 2.24) is 9.88 Å². The number of carbonyl (C=O) groups excluding carboxylic acids is 1. The molecule has 1 aliphatic heterocycles. The minimum Gasteiger partial charge on any atom is -0.369 e. The molecule has 0 fully saturated rings. The van der Waals surface area contributed by atoms with Crippen LogP contribution in [0.4, 0.5) is 0 Å². The van der Waals surface area contributed by atoms with E-state index in [0.29, 0.717) is 20.8 Å². The molecule has 1 amide bonds. The predicted molar refractivity (Wildman–Crippen MR) is 78.2 cm³/mol. The number of aromatic nitrogens is 1. The molecule has 1 aromatic heterocycles. The molecule has 1 N–H and O–H groups in total. The van der Waals surface area contributed by atoms with Gasteiger partial charge >= 0.3 is 0 Å². The van der Waals surface area contributed by atoms with Gasteiger partial charge < -0.3 is 10.0 Å². The number of amides is 1. The van der Waals surface area contributed by atoms with Crippen LogP contribution >= 0.6 is 27.5 Å². The smallest absolute Gasteiger partial charge is 0.256 e. The van der Waals surface area contributed by atoms with E-state index in [-0.39, 0.29) is 12.5 Å². The predicted octanol–water partition coefficient (Wildman–Crippen LogP) is 3.14. The molecule has 1 aromatic carbocycles. The molecule has 1 unspecified atom stereocenters. The van der Waals surface area contributed by atoms with Crippen LogP contribution in [-0.4, -0.2) is 20.9 Å². The molecule has 0 spiro atoms. The van der Waals surface area contributed by atoms with Crippen molar-refractivity contribution in [1.29, 1.82) is 0 Å². The number of hydrogen-bond donors (Lipinski definition) is 1. The molecule has 0 bridgehead atoms. The van der Waals surface area contributed by atoms with Crippen molar-refractivity contribution in [3.63, 3.8) is 0 Å². The van der Waals surface area contributed by atoms with Crippen molar-refractivity contribution in [3.05, 3.63) is 62.8 Å². The highest BCUT2D eigenvalue weighted by molar-refractivity contribution is 9.10. The van der Waals surface area contributed by atoms with Gasteiger partial charge in [-0.05, 0) is 33.6 Å². The van der Waals surface area contributed by atoms with Crippen molar-refractivity contribution in [3.8, 4) is 0 Å². The minimum absolute atomic E-state index is 0.181. The Labute approximate surface area is 129 Å². The zero-order chi connectivity index (χ0) is 14.3. The summed E-state index contributed by atoms with van der Waals surface area (Å²) in [5.74, 6) is -0.181. The molecule has 0 saturated heterocycles. The van der Waals surface area contributed by atoms with E-state index in [1.807, 2.05) is 0 Å². The molecular formula is C14H10BrClN2O2. The molecule has 0 saturated carbocycles. The van der Waals surface area contributed by atoms with Gasteiger partial charge in [0.15, 0.2) is 6.23 Å². The maximum Gasteiger partial charge on any atom is 0.256 e. The molecule has 6 heteroatoms. The number of pyridine rings is 1. The summed E-state index contributed by atoms with van der Waals surface area (Å²) in [6.45, 7) is 0.275. The van der Waals surface area contributed by atoms with Gasteiger partial charge in [-0.15, -0.1) is 0 Å². The summed E-state index contributed by atoms with van der Waals surface area (Å²) in [5, 5.41) is 10.6. The average Bonchev–Trinajstić information content (AvgIpc) is 2.69. The number of aliphatic hydroxyl groups is 1. The minimum atomic E-state index is -0.923. The first-order chi connectivity index (χ1) is 9.58. The summed E-state index contributed by atoms with van der Waals surface area (Å²) in [6.07, 6.45) is 0.670. The Hall–Kier alpha value is -1.43. The van der Waals surface area contributed by atoms with Gasteiger partial charge in [0.1, 0.15) is 5.15 Å². The van der Waals surface area contributed by atoms with Gasteiger partial charge in [-0.2, -0.15) is 0 Å². The summed E-state index contributed by atoms with van der Waals surface area (Å²) >= 11 is 9.13. The van der Waals surface area contributed by atoms with Crippen LogP contribution in [0.5, 0.6) is 0 Å². The second kappa shape index (κ2) is 5.16. The highest BCUT2D eigenvalue weighted by Crippen LogP contribution is 2.33. The van der Waals surface area contributed by atoms with Crippen molar-refractivity contribution in [2.75, 3.05) is 0 Å². The molecular weight excluding hydrogens is 344 g/mol. The fraction of sp³-hybridized carbons (Fsp3) is 0.143. The van der Waals surface area contributed by atoms with Crippen LogP contribution in [0.25, 0.3) is 0 Å². The lowest BCUT2D eigenvalue weighted by molar-refractivity contribution is 0.0137. The first-order valence-corrected chi connectivity index (χ1v) is 7.13. The second-order valence-corrected chi connectivity index (χ2v) is 5.72. The molecule has 4 nitrogen and oxygen atoms in total. The number of nitrogens with zero attached hydrogens (tertiary/aromatic N) is 2. The van der Waals surface area contributed by atoms with E-state index in [0.717, 1.165) is 5.56 Å². The van der Waals surface area contributed by atoms with Gasteiger partial charge in [0.25, 0.3) is 5.91 Å². The zero-order valence-corrected chi connectivity index (χ0v) is 12.6. The Morgan fingerprint density at radius 1 is 1.40 bits per heavy atom. The van der Waals surface area contributed by atoms with Gasteiger partial charge in [0.2, 0.25) is 0 Å². The van der Waals surface area contributed by atoms with Gasteiger partial charge in [0.05, 0.1) is 11.0 Å². The average molecular weight is 354 g/mol. The van der Waals surface area contributed by atoms with Gasteiger partial charge in [-0.25, -0.2) is 4.98 Å². The van der Waals surface area contributed by atoms with Crippen molar-refractivity contribution >= 4 is 33.4 Å². The SMILES string of the molecule is O=C1c2ccccc2C(O)N1Cc1cnc(Cl)c(Br)c1. The third-order valence-corrected chi connectivity index (χ3v) is 4.37. The van der Waals surface area contributed by atoms with E-state index in [1.54, 1.807) is 36.5 Å². The number of aliphatic hydroxyl groups excluding tert-OH is 1. The van der Waals surface area contributed by atoms with E-state index >= 15 is 0 Å². The van der Waals surface area contributed by atoms with E-state index in [4.69, 9.17) is 11.6 Å². The number of hydrogen-bond acceptors (Lipinski definition) is 3. The van der Waals surface area contributed by atoms with Gasteiger partial charge in [0, 0.05) is 17.3 Å². The van der Waals surface area contributed by atoms with E-state index in [1.165, 1.54) is 4.90 Å². The summed E-state index contributed by atoms with van der Waals surface area (Å²) < 4.78 is 0.662. The van der Waals surface area contributed by atoms with Crippen LogP contribution in [0.3, 0.4) is 0 Å². The van der Waals surface area contributed by atoms with Crippen LogP contribution in [0.1, 0.15) is 27.7 Å². The first-order valence-electron chi connectivity index (χ1n) is 5.96. The van der Waals surface area contributed by atoms with Gasteiger partial charge in [-0.3, -0.25) is 4.79 Å². The monoisotopic (exact) mass is 352 g/mol. The Bertz CT molecular complexity index is 693. The first kappa shape index (κ1) is 13.5. The van der Waals surface area contributed by atoms with Crippen LogP contribution in [-0.2, 0) is 6.54 Å². The molecule has 3 rings (SSSR count). The van der Waals surface area contributed by atoms with E-state index in [2.05, 4.69) is 20.9 Å². The highest BCUT2D eigenvalue weighted by atomic mass is 79.9. The maximum absolute atomic E-state index is 12.3. The van der Waals surface area contributed by atoms with Crippen molar-refractivity contribution < 1.29 is 9.90 Å². The number of rotatable bonds is 2. The standard InChI is InChI=1S/C14H10BrClN2O2/c15-11-5-8(6-17-12(11)16)7-18-13(19)9-3-1-2-4-10(9)14(18)20/h1-6,13,19H,7H2. The lowest BCUT2D eigenvalue weighted by Crippen LogP contribution is -2.27. The quantitative estimate of drug-likeness (QED) is 0.844. The molecule has 20 heavy (non-hydrogen) atoms. The number of halogens is 2. The number of fused-ring (bicyclic) bond motifs is 1. The normalized spacial score (nSPS) is 17.4. The zero-order valence-electron chi connectivity index (χ0n) is 10.3. The van der Waals surface area contributed by atoms with Gasteiger partial charge in [-0.1, -0.05) is 29.8 Å². The molecule has 0 aliphatic carbocycles. The molecule has 1 atom stereocenters. The Kier molecular flexibility index (Phi) is 3.50. The van der Waals surface area contributed by atoms with Crippen LogP contribution in [0.15, 0.2) is 41.0 Å². The maximum atomic E-state index is 12.3. The molecule has 102 valence electrons. The lowest BCUT2D eigenvalue weighted by Gasteiger charge is -2.20. The third kappa shape index (κ3) is 2.22. The Morgan fingerprint density at radius 3 is 2.85 bits per heavy atom. The third-order valence-electron chi connectivity index (χ3n) is 3.23. The van der Waals surface area contributed by atoms with Crippen LogP contribution in [0, 0.1) is 0 Å². The Balaban J connectivity index is 1.89. The molecule has 2 aromatic rings. The lowest BCUT2D eigenvalue weighted by atomic mass is 10.1. The fourth-order valence-electron chi connectivity index (χ4n) is 2.25. The van der Waals surface area contributed by atoms with Crippen molar-refractivity contribution in [2.45, 2.75) is 12.8 Å². The molecule has 2 heterocycles. The summed E-state index contributed by atoms with van der Waals surface area (Å²) in [4.78, 5) is 17.7. The Morgan fingerprint density at radius 2 is 2.15 bits per heavy atom. The topological polar surface area (TPSA) is 53.4 Å². The summed E-state index contributed by atoms with van der Waals surface area (Å²) in [6, 6.07) is 8.86.